The molecule has 0 aromatic carbocycles. The van der Waals surface area contributed by atoms with E-state index in [4.69, 9.17) is 24.1 Å². The summed E-state index contributed by atoms with van der Waals surface area (Å²) in [5.74, 6) is -3.89. The Balaban J connectivity index is 4.60. The lowest BCUT2D eigenvalue weighted by Gasteiger charge is -2.31. The van der Waals surface area contributed by atoms with Crippen molar-refractivity contribution in [2.75, 3.05) is 33.0 Å². The van der Waals surface area contributed by atoms with Crippen LogP contribution in [0, 0.1) is 0 Å². The maximum absolute atomic E-state index is 11.6. The highest BCUT2D eigenvalue weighted by Crippen LogP contribution is 2.18. The molecule has 1 N–H and O–H groups in total. The first-order valence-electron chi connectivity index (χ1n) is 6.37. The molecule has 0 saturated heterocycles. The molecule has 0 atom stereocenters. The highest BCUT2D eigenvalue weighted by Gasteiger charge is 2.37. The molecule has 0 aromatic heterocycles. The van der Waals surface area contributed by atoms with Crippen LogP contribution in [-0.2, 0) is 28.5 Å². The van der Waals surface area contributed by atoms with Crippen LogP contribution in [0.3, 0.4) is 0 Å². The zero-order chi connectivity index (χ0) is 15.4. The minimum Gasteiger partial charge on any atom is -0.550 e. The second-order valence-corrected chi connectivity index (χ2v) is 3.67. The van der Waals surface area contributed by atoms with Crippen molar-refractivity contribution in [1.29, 1.82) is 0 Å². The summed E-state index contributed by atoms with van der Waals surface area (Å²) in [5, 5.41) is 19.0. The normalized spacial score (nSPS) is 11.3. The van der Waals surface area contributed by atoms with Crippen LogP contribution in [0.15, 0.2) is 0 Å². The number of carboxylic acid groups (broad SMARTS) is 1. The van der Waals surface area contributed by atoms with Crippen molar-refractivity contribution in [2.24, 2.45) is 0 Å². The third-order valence-corrected chi connectivity index (χ3v) is 2.05. The zero-order valence-electron chi connectivity index (χ0n) is 11.8. The van der Waals surface area contributed by atoms with Gasteiger partial charge in [0.25, 0.3) is 0 Å². The van der Waals surface area contributed by atoms with Gasteiger partial charge in [-0.1, -0.05) is 0 Å². The molecule has 0 aliphatic heterocycles. The standard InChI is InChI=1S/C12H22O8/c1-3-18-12(19-4-2,9-17-8-7-13)20-11(16)6-5-10(14)15/h13H,3-9H2,1-2H3,(H,14,15)/p-1. The number of carbonyl (C=O) groups excluding carboxylic acids is 2. The maximum Gasteiger partial charge on any atom is 0.353 e. The summed E-state index contributed by atoms with van der Waals surface area (Å²) in [6, 6.07) is 0. The van der Waals surface area contributed by atoms with Crippen LogP contribution in [0.2, 0.25) is 0 Å². The van der Waals surface area contributed by atoms with Crippen LogP contribution < -0.4 is 5.11 Å². The minimum atomic E-state index is -1.73. The van der Waals surface area contributed by atoms with E-state index in [1.54, 1.807) is 13.8 Å². The Labute approximate surface area is 117 Å². The van der Waals surface area contributed by atoms with Gasteiger partial charge >= 0.3 is 11.9 Å². The molecule has 8 heteroatoms. The third kappa shape index (κ3) is 8.05. The summed E-state index contributed by atoms with van der Waals surface area (Å²) in [5.41, 5.74) is 0. The Hall–Kier alpha value is -1.22. The molecular formula is C12H21O8-. The molecule has 0 fully saturated rings. The smallest absolute Gasteiger partial charge is 0.353 e. The van der Waals surface area contributed by atoms with E-state index in [1.807, 2.05) is 0 Å². The van der Waals surface area contributed by atoms with Crippen molar-refractivity contribution in [3.8, 4) is 0 Å². The van der Waals surface area contributed by atoms with Gasteiger partial charge < -0.3 is 34.0 Å². The van der Waals surface area contributed by atoms with Gasteiger partial charge in [0, 0.05) is 5.97 Å². The SMILES string of the molecule is CCOC(COCCO)(OCC)OC(=O)CCC(=O)[O-]. The summed E-state index contributed by atoms with van der Waals surface area (Å²) in [6.07, 6.45) is -0.811. The molecule has 0 amide bonds. The van der Waals surface area contributed by atoms with Crippen LogP contribution in [-0.4, -0.2) is 56.1 Å². The Morgan fingerprint density at radius 2 is 1.75 bits per heavy atom. The number of esters is 1. The van der Waals surface area contributed by atoms with Gasteiger partial charge in [0.2, 0.25) is 0 Å². The molecule has 0 rings (SSSR count). The predicted octanol–water partition coefficient (Wildman–Crippen LogP) is -1.20. The fourth-order valence-electron chi connectivity index (χ4n) is 1.34. The van der Waals surface area contributed by atoms with E-state index < -0.39 is 24.3 Å². The predicted molar refractivity (Wildman–Crippen MR) is 64.2 cm³/mol. The molecule has 8 nitrogen and oxygen atoms in total. The molecule has 0 spiro atoms. The average Bonchev–Trinajstić information content (AvgIpc) is 2.37. The molecule has 0 heterocycles. The number of aliphatic hydroxyl groups excluding tert-OH is 1. The number of hydrogen-bond donors (Lipinski definition) is 1. The highest BCUT2D eigenvalue weighted by atomic mass is 16.9. The number of hydrogen-bond acceptors (Lipinski definition) is 8. The zero-order valence-corrected chi connectivity index (χ0v) is 11.8. The molecular weight excluding hydrogens is 272 g/mol. The Bertz CT molecular complexity index is 285. The van der Waals surface area contributed by atoms with Crippen molar-refractivity contribution in [3.05, 3.63) is 0 Å². The highest BCUT2D eigenvalue weighted by molar-refractivity contribution is 5.75. The van der Waals surface area contributed by atoms with E-state index in [9.17, 15) is 14.7 Å². The minimum absolute atomic E-state index is 0.0263. The Kier molecular flexibility index (Phi) is 9.91. The van der Waals surface area contributed by atoms with Crippen LogP contribution in [0.5, 0.6) is 0 Å². The molecule has 0 aliphatic carbocycles. The van der Waals surface area contributed by atoms with Crippen LogP contribution in [0.4, 0.5) is 0 Å². The van der Waals surface area contributed by atoms with Crippen molar-refractivity contribution >= 4 is 11.9 Å². The quantitative estimate of drug-likeness (QED) is 0.271. The van der Waals surface area contributed by atoms with Crippen molar-refractivity contribution < 1.29 is 38.7 Å². The number of ether oxygens (including phenoxy) is 4. The number of aliphatic carboxylic acids is 1. The Morgan fingerprint density at radius 3 is 2.20 bits per heavy atom. The topological polar surface area (TPSA) is 114 Å². The third-order valence-electron chi connectivity index (χ3n) is 2.05. The molecule has 0 aromatic rings. The lowest BCUT2D eigenvalue weighted by molar-refractivity contribution is -0.375. The average molecular weight is 293 g/mol. The largest absolute Gasteiger partial charge is 0.550 e. The Morgan fingerprint density at radius 1 is 1.15 bits per heavy atom. The molecule has 118 valence electrons. The first kappa shape index (κ1) is 18.8. The van der Waals surface area contributed by atoms with Gasteiger partial charge in [-0.2, -0.15) is 0 Å². The van der Waals surface area contributed by atoms with Crippen LogP contribution >= 0.6 is 0 Å². The molecule has 0 saturated carbocycles. The number of carbonyl (C=O) groups is 2. The number of aliphatic hydroxyl groups is 1. The van der Waals surface area contributed by atoms with Gasteiger partial charge in [0.1, 0.15) is 6.61 Å². The fraction of sp³-hybridized carbons (Fsp3) is 0.833. The van der Waals surface area contributed by atoms with E-state index in [2.05, 4.69) is 0 Å². The monoisotopic (exact) mass is 293 g/mol. The summed E-state index contributed by atoms with van der Waals surface area (Å²) in [4.78, 5) is 21.9. The van der Waals surface area contributed by atoms with E-state index in [1.165, 1.54) is 0 Å². The molecule has 0 aliphatic rings. The number of rotatable bonds is 12. The molecule has 0 unspecified atom stereocenters. The van der Waals surface area contributed by atoms with E-state index in [-0.39, 0.29) is 39.5 Å². The van der Waals surface area contributed by atoms with Crippen LogP contribution in [0.1, 0.15) is 26.7 Å². The summed E-state index contributed by atoms with van der Waals surface area (Å²) in [6.45, 7) is 3.33. The second kappa shape index (κ2) is 10.6. The van der Waals surface area contributed by atoms with Gasteiger partial charge in [-0.3, -0.25) is 4.79 Å². The first-order valence-corrected chi connectivity index (χ1v) is 6.37. The van der Waals surface area contributed by atoms with Gasteiger partial charge in [0.15, 0.2) is 0 Å². The molecule has 20 heavy (non-hydrogen) atoms. The van der Waals surface area contributed by atoms with Gasteiger partial charge in [-0.15, -0.1) is 0 Å². The second-order valence-electron chi connectivity index (χ2n) is 3.67. The summed E-state index contributed by atoms with van der Waals surface area (Å²) in [7, 11) is 0. The van der Waals surface area contributed by atoms with E-state index in [0.717, 1.165) is 0 Å². The van der Waals surface area contributed by atoms with E-state index >= 15 is 0 Å². The van der Waals surface area contributed by atoms with Crippen molar-refractivity contribution in [3.63, 3.8) is 0 Å². The fourth-order valence-corrected chi connectivity index (χ4v) is 1.34. The lowest BCUT2D eigenvalue weighted by atomic mass is 10.3. The lowest BCUT2D eigenvalue weighted by Crippen LogP contribution is -2.46. The van der Waals surface area contributed by atoms with Crippen molar-refractivity contribution in [2.45, 2.75) is 32.7 Å². The van der Waals surface area contributed by atoms with Crippen molar-refractivity contribution in [1.82, 2.24) is 0 Å². The molecule has 0 bridgehead atoms. The van der Waals surface area contributed by atoms with Gasteiger partial charge in [0.05, 0.1) is 32.8 Å². The first-order chi connectivity index (χ1) is 9.49. The summed E-state index contributed by atoms with van der Waals surface area (Å²) >= 11 is 0. The van der Waals surface area contributed by atoms with Gasteiger partial charge in [-0.05, 0) is 20.3 Å². The van der Waals surface area contributed by atoms with Gasteiger partial charge in [-0.25, -0.2) is 0 Å². The molecule has 0 radical (unpaired) electrons. The van der Waals surface area contributed by atoms with Crippen LogP contribution in [0.25, 0.3) is 0 Å². The number of carboxylic acids is 1. The van der Waals surface area contributed by atoms with E-state index in [0.29, 0.717) is 0 Å². The summed E-state index contributed by atoms with van der Waals surface area (Å²) < 4.78 is 20.6. The maximum atomic E-state index is 11.6.